The molecule has 2 rings (SSSR count). The molecule has 0 aromatic heterocycles. The van der Waals surface area contributed by atoms with Crippen LogP contribution in [0.3, 0.4) is 0 Å². The Balaban J connectivity index is 2.11. The summed E-state index contributed by atoms with van der Waals surface area (Å²) in [7, 11) is 7.22. The molecule has 0 bridgehead atoms. The van der Waals surface area contributed by atoms with Gasteiger partial charge in [0.1, 0.15) is 0 Å². The zero-order valence-electron chi connectivity index (χ0n) is 14.3. The summed E-state index contributed by atoms with van der Waals surface area (Å²) in [4.78, 5) is 6.53. The number of nitrogens with zero attached hydrogens (tertiary/aromatic N) is 2. The molecule has 0 aliphatic heterocycles. The van der Waals surface area contributed by atoms with Crippen molar-refractivity contribution in [3.8, 4) is 11.5 Å². The summed E-state index contributed by atoms with van der Waals surface area (Å²) < 4.78 is 10.7. The van der Waals surface area contributed by atoms with Crippen LogP contribution in [-0.2, 0) is 6.54 Å². The molecule has 5 nitrogen and oxygen atoms in total. The molecule has 1 aliphatic carbocycles. The zero-order chi connectivity index (χ0) is 16.1. The van der Waals surface area contributed by atoms with Gasteiger partial charge in [-0.2, -0.15) is 0 Å². The third-order valence-corrected chi connectivity index (χ3v) is 4.26. The number of guanidine groups is 1. The van der Waals surface area contributed by atoms with Crippen LogP contribution in [0.2, 0.25) is 0 Å². The summed E-state index contributed by atoms with van der Waals surface area (Å²) in [5, 5.41) is 3.51. The van der Waals surface area contributed by atoms with Gasteiger partial charge in [0, 0.05) is 26.7 Å². The highest BCUT2D eigenvalue weighted by molar-refractivity contribution is 5.80. The molecule has 1 saturated carbocycles. The number of hydrogen-bond acceptors (Lipinski definition) is 3. The Bertz CT molecular complexity index is 539. The molecule has 1 aromatic rings. The molecule has 1 aromatic carbocycles. The maximum absolute atomic E-state index is 5.40. The van der Waals surface area contributed by atoms with Crippen molar-refractivity contribution in [3.05, 3.63) is 23.3 Å². The standard InChI is InChI=1S/C17H27N3O2/c1-12-9-15(21-4)16(22-5)10-13(12)11-20(3)17(18-2)19-14-7-6-8-14/h9-10,14H,6-8,11H2,1-5H3,(H,18,19). The molecule has 1 fully saturated rings. The second-order valence-electron chi connectivity index (χ2n) is 5.81. The Morgan fingerprint density at radius 2 is 1.91 bits per heavy atom. The second kappa shape index (κ2) is 7.38. The Morgan fingerprint density at radius 3 is 2.41 bits per heavy atom. The third kappa shape index (κ3) is 3.64. The van der Waals surface area contributed by atoms with Gasteiger partial charge in [-0.1, -0.05) is 0 Å². The van der Waals surface area contributed by atoms with Crippen molar-refractivity contribution < 1.29 is 9.47 Å². The molecular weight excluding hydrogens is 278 g/mol. The third-order valence-electron chi connectivity index (χ3n) is 4.26. The van der Waals surface area contributed by atoms with Crippen LogP contribution in [0.5, 0.6) is 11.5 Å². The quantitative estimate of drug-likeness (QED) is 0.671. The summed E-state index contributed by atoms with van der Waals surface area (Å²) >= 11 is 0. The van der Waals surface area contributed by atoms with Crippen molar-refractivity contribution in [3.63, 3.8) is 0 Å². The van der Waals surface area contributed by atoms with Crippen LogP contribution in [0, 0.1) is 6.92 Å². The molecule has 0 saturated heterocycles. The largest absolute Gasteiger partial charge is 0.493 e. The lowest BCUT2D eigenvalue weighted by Crippen LogP contribution is -2.46. The van der Waals surface area contributed by atoms with E-state index in [0.717, 1.165) is 24.0 Å². The summed E-state index contributed by atoms with van der Waals surface area (Å²) in [5.41, 5.74) is 2.39. The first-order valence-electron chi connectivity index (χ1n) is 7.75. The minimum absolute atomic E-state index is 0.577. The number of hydrogen-bond donors (Lipinski definition) is 1. The maximum atomic E-state index is 5.40. The second-order valence-corrected chi connectivity index (χ2v) is 5.81. The van der Waals surface area contributed by atoms with E-state index in [1.54, 1.807) is 14.2 Å². The normalized spacial score (nSPS) is 15.2. The van der Waals surface area contributed by atoms with Gasteiger partial charge in [-0.05, 0) is 49.4 Å². The number of aliphatic imine (C=N–C) groups is 1. The molecular formula is C17H27N3O2. The number of ether oxygens (including phenoxy) is 2. The van der Waals surface area contributed by atoms with Crippen molar-refractivity contribution in [2.75, 3.05) is 28.3 Å². The van der Waals surface area contributed by atoms with Gasteiger partial charge < -0.3 is 19.7 Å². The van der Waals surface area contributed by atoms with Gasteiger partial charge >= 0.3 is 0 Å². The first-order valence-corrected chi connectivity index (χ1v) is 7.75. The molecule has 1 aliphatic rings. The summed E-state index contributed by atoms with van der Waals surface area (Å²) in [5.74, 6) is 2.47. The van der Waals surface area contributed by atoms with Crippen LogP contribution in [-0.4, -0.2) is 45.2 Å². The molecule has 0 unspecified atom stereocenters. The van der Waals surface area contributed by atoms with Gasteiger partial charge in [-0.3, -0.25) is 4.99 Å². The minimum atomic E-state index is 0.577. The van der Waals surface area contributed by atoms with Gasteiger partial charge in [-0.15, -0.1) is 0 Å². The first kappa shape index (κ1) is 16.5. The van der Waals surface area contributed by atoms with Crippen LogP contribution >= 0.6 is 0 Å². The Morgan fingerprint density at radius 1 is 1.27 bits per heavy atom. The average Bonchev–Trinajstić information content (AvgIpc) is 2.47. The number of aryl methyl sites for hydroxylation is 1. The van der Waals surface area contributed by atoms with E-state index in [-0.39, 0.29) is 0 Å². The van der Waals surface area contributed by atoms with Gasteiger partial charge in [0.2, 0.25) is 0 Å². The topological polar surface area (TPSA) is 46.1 Å². The van der Waals surface area contributed by atoms with Crippen molar-refractivity contribution in [1.82, 2.24) is 10.2 Å². The highest BCUT2D eigenvalue weighted by Crippen LogP contribution is 2.30. The van der Waals surface area contributed by atoms with E-state index < -0.39 is 0 Å². The van der Waals surface area contributed by atoms with Gasteiger partial charge in [0.05, 0.1) is 14.2 Å². The number of methoxy groups -OCH3 is 2. The molecule has 0 spiro atoms. The Labute approximate surface area is 133 Å². The number of nitrogens with one attached hydrogen (secondary N) is 1. The van der Waals surface area contributed by atoms with Gasteiger partial charge in [0.25, 0.3) is 0 Å². The fourth-order valence-corrected chi connectivity index (χ4v) is 2.60. The molecule has 1 N–H and O–H groups in total. The number of rotatable bonds is 5. The van der Waals surface area contributed by atoms with E-state index in [9.17, 15) is 0 Å². The molecule has 5 heteroatoms. The van der Waals surface area contributed by atoms with Crippen molar-refractivity contribution in [1.29, 1.82) is 0 Å². The van der Waals surface area contributed by atoms with E-state index in [2.05, 4.69) is 29.2 Å². The summed E-state index contributed by atoms with van der Waals surface area (Å²) in [6, 6.07) is 4.64. The number of benzene rings is 1. The van der Waals surface area contributed by atoms with Crippen LogP contribution < -0.4 is 14.8 Å². The monoisotopic (exact) mass is 305 g/mol. The predicted octanol–water partition coefficient (Wildman–Crippen LogP) is 2.57. The van der Waals surface area contributed by atoms with Crippen molar-refractivity contribution in [2.45, 2.75) is 38.8 Å². The molecule has 0 amide bonds. The van der Waals surface area contributed by atoms with E-state index in [1.165, 1.54) is 30.4 Å². The van der Waals surface area contributed by atoms with Crippen LogP contribution in [0.15, 0.2) is 17.1 Å². The highest BCUT2D eigenvalue weighted by Gasteiger charge is 2.20. The Kier molecular flexibility index (Phi) is 5.52. The van der Waals surface area contributed by atoms with E-state index >= 15 is 0 Å². The Hall–Kier alpha value is -1.91. The molecule has 0 atom stereocenters. The van der Waals surface area contributed by atoms with Crippen LogP contribution in [0.25, 0.3) is 0 Å². The summed E-state index contributed by atoms with van der Waals surface area (Å²) in [6.45, 7) is 2.87. The lowest BCUT2D eigenvalue weighted by molar-refractivity contribution is 0.351. The van der Waals surface area contributed by atoms with Crippen LogP contribution in [0.4, 0.5) is 0 Å². The average molecular weight is 305 g/mol. The van der Waals surface area contributed by atoms with E-state index in [1.807, 2.05) is 19.2 Å². The minimum Gasteiger partial charge on any atom is -0.493 e. The van der Waals surface area contributed by atoms with Crippen LogP contribution in [0.1, 0.15) is 30.4 Å². The fraction of sp³-hybridized carbons (Fsp3) is 0.588. The first-order chi connectivity index (χ1) is 10.6. The lowest BCUT2D eigenvalue weighted by Gasteiger charge is -2.32. The molecule has 0 radical (unpaired) electrons. The fourth-order valence-electron chi connectivity index (χ4n) is 2.60. The highest BCUT2D eigenvalue weighted by atomic mass is 16.5. The van der Waals surface area contributed by atoms with E-state index in [4.69, 9.17) is 9.47 Å². The summed E-state index contributed by atoms with van der Waals surface area (Å²) in [6.07, 6.45) is 3.79. The smallest absolute Gasteiger partial charge is 0.193 e. The SMILES string of the molecule is CN=C(NC1CCC1)N(C)Cc1cc(OC)c(OC)cc1C. The molecule has 0 heterocycles. The van der Waals surface area contributed by atoms with Crippen molar-refractivity contribution in [2.24, 2.45) is 4.99 Å². The lowest BCUT2D eigenvalue weighted by atomic mass is 9.93. The van der Waals surface area contributed by atoms with Gasteiger partial charge in [-0.25, -0.2) is 0 Å². The zero-order valence-corrected chi connectivity index (χ0v) is 14.3. The maximum Gasteiger partial charge on any atom is 0.193 e. The van der Waals surface area contributed by atoms with E-state index in [0.29, 0.717) is 6.04 Å². The predicted molar refractivity (Wildman–Crippen MR) is 89.9 cm³/mol. The molecule has 122 valence electrons. The molecule has 22 heavy (non-hydrogen) atoms. The van der Waals surface area contributed by atoms with Gasteiger partial charge in [0.15, 0.2) is 17.5 Å². The van der Waals surface area contributed by atoms with Crippen molar-refractivity contribution >= 4 is 5.96 Å².